The van der Waals surface area contributed by atoms with E-state index in [-0.39, 0.29) is 11.9 Å². The van der Waals surface area contributed by atoms with Crippen LogP contribution in [-0.4, -0.2) is 42.6 Å². The molecule has 6 heteroatoms. The van der Waals surface area contributed by atoms with Crippen molar-refractivity contribution < 1.29 is 18.7 Å². The summed E-state index contributed by atoms with van der Waals surface area (Å²) >= 11 is 0. The molecule has 1 aliphatic rings. The molecule has 0 aromatic heterocycles. The summed E-state index contributed by atoms with van der Waals surface area (Å²) in [6.45, 7) is 5.41. The van der Waals surface area contributed by atoms with Crippen LogP contribution in [0.25, 0.3) is 0 Å². The minimum Gasteiger partial charge on any atom is -0.449 e. The second kappa shape index (κ2) is 7.94. The highest BCUT2D eigenvalue weighted by Gasteiger charge is 2.25. The van der Waals surface area contributed by atoms with Crippen molar-refractivity contribution in [3.05, 3.63) is 35.6 Å². The van der Waals surface area contributed by atoms with E-state index in [0.717, 1.165) is 0 Å². The van der Waals surface area contributed by atoms with Gasteiger partial charge in [-0.15, -0.1) is 0 Å². The van der Waals surface area contributed by atoms with Gasteiger partial charge in [-0.1, -0.05) is 19.9 Å². The summed E-state index contributed by atoms with van der Waals surface area (Å²) in [5.74, 6) is -0.294. The van der Waals surface area contributed by atoms with Crippen molar-refractivity contribution in [2.24, 2.45) is 5.92 Å². The fraction of sp³-hybridized carbons (Fsp3) is 0.529. The number of hydrogen-bond donors (Lipinski definition) is 1. The Bertz CT molecular complexity index is 555. The summed E-state index contributed by atoms with van der Waals surface area (Å²) in [7, 11) is 0. The van der Waals surface area contributed by atoms with Crippen LogP contribution in [0.4, 0.5) is 9.18 Å². The van der Waals surface area contributed by atoms with E-state index >= 15 is 0 Å². The molecule has 0 spiro atoms. The lowest BCUT2D eigenvalue weighted by Crippen LogP contribution is -2.46. The van der Waals surface area contributed by atoms with E-state index < -0.39 is 11.9 Å². The van der Waals surface area contributed by atoms with Crippen molar-refractivity contribution in [2.45, 2.75) is 32.7 Å². The van der Waals surface area contributed by atoms with E-state index in [1.54, 1.807) is 11.0 Å². The summed E-state index contributed by atoms with van der Waals surface area (Å²) in [6, 6.07) is 5.71. The maximum absolute atomic E-state index is 13.2. The molecule has 2 amide bonds. The molecule has 1 aliphatic heterocycles. The lowest BCUT2D eigenvalue weighted by Gasteiger charge is -2.32. The standard InChI is InChI=1S/C17H23FN2O3/c1-12(2)11-23-17(22)19-15-6-8-20(9-7-15)16(21)13-4-3-5-14(18)10-13/h3-5,10,12,15H,6-9,11H2,1-2H3,(H,19,22). The molecule has 5 nitrogen and oxygen atoms in total. The quantitative estimate of drug-likeness (QED) is 0.927. The van der Waals surface area contributed by atoms with Gasteiger partial charge >= 0.3 is 6.09 Å². The number of likely N-dealkylation sites (tertiary alicyclic amines) is 1. The average molecular weight is 322 g/mol. The summed E-state index contributed by atoms with van der Waals surface area (Å²) in [5.41, 5.74) is 0.354. The highest BCUT2D eigenvalue weighted by atomic mass is 19.1. The first-order chi connectivity index (χ1) is 11.0. The Hall–Kier alpha value is -2.11. The Balaban J connectivity index is 1.79. The zero-order valence-electron chi connectivity index (χ0n) is 13.5. The maximum atomic E-state index is 13.2. The van der Waals surface area contributed by atoms with E-state index in [1.807, 2.05) is 13.8 Å². The number of nitrogens with one attached hydrogen (secondary N) is 1. The van der Waals surface area contributed by atoms with Crippen LogP contribution in [-0.2, 0) is 4.74 Å². The van der Waals surface area contributed by atoms with Crippen LogP contribution < -0.4 is 5.32 Å². The van der Waals surface area contributed by atoms with Gasteiger partial charge in [0.25, 0.3) is 5.91 Å². The predicted molar refractivity (Wildman–Crippen MR) is 84.6 cm³/mol. The van der Waals surface area contributed by atoms with Gasteiger partial charge in [-0.05, 0) is 37.0 Å². The van der Waals surface area contributed by atoms with E-state index in [9.17, 15) is 14.0 Å². The number of benzene rings is 1. The molecule has 1 saturated heterocycles. The van der Waals surface area contributed by atoms with E-state index in [1.165, 1.54) is 18.2 Å². The van der Waals surface area contributed by atoms with Crippen molar-refractivity contribution in [3.63, 3.8) is 0 Å². The predicted octanol–water partition coefficient (Wildman–Crippen LogP) is 2.81. The molecule has 1 aromatic rings. The molecule has 23 heavy (non-hydrogen) atoms. The Kier molecular flexibility index (Phi) is 5.96. The number of alkyl carbamates (subject to hydrolysis) is 1. The van der Waals surface area contributed by atoms with Crippen LogP contribution in [0.3, 0.4) is 0 Å². The normalized spacial score (nSPS) is 15.6. The summed E-state index contributed by atoms with van der Waals surface area (Å²) in [5, 5.41) is 2.82. The number of carbonyl (C=O) groups excluding carboxylic acids is 2. The Morgan fingerprint density at radius 2 is 2.04 bits per heavy atom. The third kappa shape index (κ3) is 5.23. The molecule has 0 unspecified atom stereocenters. The number of nitrogens with zero attached hydrogens (tertiary/aromatic N) is 1. The van der Waals surface area contributed by atoms with Crippen molar-refractivity contribution in [1.29, 1.82) is 0 Å². The maximum Gasteiger partial charge on any atom is 0.407 e. The fourth-order valence-corrected chi connectivity index (χ4v) is 2.48. The highest BCUT2D eigenvalue weighted by molar-refractivity contribution is 5.94. The molecule has 126 valence electrons. The monoisotopic (exact) mass is 322 g/mol. The lowest BCUT2D eigenvalue weighted by molar-refractivity contribution is 0.0699. The topological polar surface area (TPSA) is 58.6 Å². The van der Waals surface area contributed by atoms with Crippen molar-refractivity contribution >= 4 is 12.0 Å². The first kappa shape index (κ1) is 17.2. The lowest BCUT2D eigenvalue weighted by atomic mass is 10.0. The SMILES string of the molecule is CC(C)COC(=O)NC1CCN(C(=O)c2cccc(F)c2)CC1. The number of piperidine rings is 1. The largest absolute Gasteiger partial charge is 0.449 e. The van der Waals surface area contributed by atoms with E-state index in [2.05, 4.69) is 5.32 Å². The molecular weight excluding hydrogens is 299 g/mol. The number of hydrogen-bond acceptors (Lipinski definition) is 3. The molecule has 0 radical (unpaired) electrons. The Morgan fingerprint density at radius 3 is 2.65 bits per heavy atom. The van der Waals surface area contributed by atoms with Gasteiger partial charge in [0.15, 0.2) is 0 Å². The third-order valence-electron chi connectivity index (χ3n) is 3.72. The van der Waals surface area contributed by atoms with Crippen LogP contribution in [0.1, 0.15) is 37.0 Å². The smallest absolute Gasteiger partial charge is 0.407 e. The van der Waals surface area contributed by atoms with E-state index in [4.69, 9.17) is 4.74 Å². The first-order valence-electron chi connectivity index (χ1n) is 7.94. The zero-order valence-corrected chi connectivity index (χ0v) is 13.5. The van der Waals surface area contributed by atoms with Crippen LogP contribution in [0, 0.1) is 11.7 Å². The highest BCUT2D eigenvalue weighted by Crippen LogP contribution is 2.15. The number of rotatable bonds is 4. The Labute approximate surface area is 135 Å². The summed E-state index contributed by atoms with van der Waals surface area (Å²) in [4.78, 5) is 25.6. The van der Waals surface area contributed by atoms with Gasteiger partial charge in [-0.25, -0.2) is 9.18 Å². The number of ether oxygens (including phenoxy) is 1. The van der Waals surface area contributed by atoms with Gasteiger partial charge in [0.1, 0.15) is 5.82 Å². The molecule has 0 atom stereocenters. The zero-order chi connectivity index (χ0) is 16.8. The van der Waals surface area contributed by atoms with Gasteiger partial charge in [-0.2, -0.15) is 0 Å². The van der Waals surface area contributed by atoms with Gasteiger partial charge in [0.05, 0.1) is 6.61 Å². The molecule has 0 saturated carbocycles. The number of amides is 2. The second-order valence-corrected chi connectivity index (χ2v) is 6.21. The van der Waals surface area contributed by atoms with Crippen LogP contribution in [0.2, 0.25) is 0 Å². The number of halogens is 1. The van der Waals surface area contributed by atoms with Gasteiger partial charge < -0.3 is 15.0 Å². The Morgan fingerprint density at radius 1 is 1.35 bits per heavy atom. The first-order valence-corrected chi connectivity index (χ1v) is 7.94. The fourth-order valence-electron chi connectivity index (χ4n) is 2.48. The van der Waals surface area contributed by atoms with Crippen LogP contribution >= 0.6 is 0 Å². The van der Waals surface area contributed by atoms with Crippen LogP contribution in [0.5, 0.6) is 0 Å². The number of carbonyl (C=O) groups is 2. The van der Waals surface area contributed by atoms with Gasteiger partial charge in [0.2, 0.25) is 0 Å². The van der Waals surface area contributed by atoms with E-state index in [0.29, 0.717) is 44.0 Å². The molecule has 1 fully saturated rings. The molecule has 1 aromatic carbocycles. The van der Waals surface area contributed by atoms with Crippen molar-refractivity contribution in [3.8, 4) is 0 Å². The van der Waals surface area contributed by atoms with Gasteiger partial charge in [0, 0.05) is 24.7 Å². The second-order valence-electron chi connectivity index (χ2n) is 6.21. The molecule has 0 aliphatic carbocycles. The van der Waals surface area contributed by atoms with Crippen LogP contribution in [0.15, 0.2) is 24.3 Å². The summed E-state index contributed by atoms with van der Waals surface area (Å²) in [6.07, 6.45) is 0.920. The van der Waals surface area contributed by atoms with Crippen molar-refractivity contribution in [2.75, 3.05) is 19.7 Å². The summed E-state index contributed by atoms with van der Waals surface area (Å²) < 4.78 is 18.3. The average Bonchev–Trinajstić information content (AvgIpc) is 2.53. The minimum atomic E-state index is -0.416. The molecule has 0 bridgehead atoms. The third-order valence-corrected chi connectivity index (χ3v) is 3.72. The molecule has 1 heterocycles. The van der Waals surface area contributed by atoms with Crippen molar-refractivity contribution in [1.82, 2.24) is 10.2 Å². The molecular formula is C17H23FN2O3. The molecule has 1 N–H and O–H groups in total. The molecule has 2 rings (SSSR count). The minimum absolute atomic E-state index is 0.00576. The van der Waals surface area contributed by atoms with Gasteiger partial charge in [-0.3, -0.25) is 4.79 Å².